The Kier molecular flexibility index (Phi) is 5.64. The zero-order chi connectivity index (χ0) is 22.8. The first-order valence-electron chi connectivity index (χ1n) is 9.89. The molecule has 1 N–H and O–H groups in total. The average molecular weight is 432 g/mol. The van der Waals surface area contributed by atoms with Gasteiger partial charge >= 0.3 is 0 Å². The fourth-order valence-corrected chi connectivity index (χ4v) is 3.65. The Morgan fingerprint density at radius 1 is 0.844 bits per heavy atom. The van der Waals surface area contributed by atoms with E-state index in [1.807, 2.05) is 13.0 Å². The smallest absolute Gasteiger partial charge is 0.282 e. The molecule has 0 aliphatic carbocycles. The van der Waals surface area contributed by atoms with E-state index in [2.05, 4.69) is 5.32 Å². The average Bonchev–Trinajstić information content (AvgIpc) is 3.03. The Bertz CT molecular complexity index is 1250. The number of benzene rings is 3. The third-order valence-corrected chi connectivity index (χ3v) is 5.17. The number of nitrogens with zero attached hydrogens (tertiary/aromatic N) is 1. The highest BCUT2D eigenvalue weighted by Crippen LogP contribution is 2.39. The molecule has 0 spiro atoms. The summed E-state index contributed by atoms with van der Waals surface area (Å²) in [5, 5.41) is 3.07. The van der Waals surface area contributed by atoms with Crippen LogP contribution in [0.25, 0.3) is 5.57 Å². The molecule has 0 fully saturated rings. The highest BCUT2D eigenvalue weighted by atomic mass is 19.1. The highest BCUT2D eigenvalue weighted by Gasteiger charge is 2.42. The standard InChI is InChI=1S/C25H21FN2O4/c1-15-12-13-21(32-3)18(14-15)27-23-22(16-8-4-7-11-20(16)31-2)24(29)28(25(23)30)19-10-6-5-9-17(19)26/h4-14,27H,1-3H3. The lowest BCUT2D eigenvalue weighted by atomic mass is 10.0. The number of halogens is 1. The number of aryl methyl sites for hydroxylation is 1. The summed E-state index contributed by atoms with van der Waals surface area (Å²) in [7, 11) is 2.99. The minimum absolute atomic E-state index is 0.00616. The van der Waals surface area contributed by atoms with Gasteiger partial charge in [-0.1, -0.05) is 36.4 Å². The zero-order valence-electron chi connectivity index (χ0n) is 17.8. The van der Waals surface area contributed by atoms with E-state index in [9.17, 15) is 14.0 Å². The first-order valence-corrected chi connectivity index (χ1v) is 9.89. The number of anilines is 2. The molecule has 0 radical (unpaired) electrons. The van der Waals surface area contributed by atoms with Gasteiger partial charge in [0.05, 0.1) is 31.2 Å². The molecule has 1 aliphatic rings. The van der Waals surface area contributed by atoms with Crippen LogP contribution < -0.4 is 19.7 Å². The summed E-state index contributed by atoms with van der Waals surface area (Å²) in [6.45, 7) is 1.90. The number of para-hydroxylation sites is 2. The number of ether oxygens (including phenoxy) is 2. The molecule has 7 heteroatoms. The van der Waals surface area contributed by atoms with E-state index in [1.54, 1.807) is 42.5 Å². The number of imide groups is 1. The quantitative estimate of drug-likeness (QED) is 0.579. The molecule has 0 atom stereocenters. The first-order chi connectivity index (χ1) is 15.5. The molecule has 2 amide bonds. The SMILES string of the molecule is COc1ccc(C)cc1NC1=C(c2ccccc2OC)C(=O)N(c2ccccc2F)C1=O. The van der Waals surface area contributed by atoms with Crippen molar-refractivity contribution in [1.29, 1.82) is 0 Å². The van der Waals surface area contributed by atoms with Crippen LogP contribution >= 0.6 is 0 Å². The molecular formula is C25H21FN2O4. The monoisotopic (exact) mass is 432 g/mol. The largest absolute Gasteiger partial charge is 0.496 e. The summed E-state index contributed by atoms with van der Waals surface area (Å²) in [4.78, 5) is 27.8. The molecule has 4 rings (SSSR count). The minimum Gasteiger partial charge on any atom is -0.496 e. The number of rotatable bonds is 6. The molecule has 0 saturated carbocycles. The van der Waals surface area contributed by atoms with E-state index in [4.69, 9.17) is 9.47 Å². The van der Waals surface area contributed by atoms with E-state index in [0.717, 1.165) is 10.5 Å². The van der Waals surface area contributed by atoms with E-state index in [1.165, 1.54) is 32.4 Å². The molecule has 1 heterocycles. The molecule has 3 aromatic rings. The van der Waals surface area contributed by atoms with Gasteiger partial charge in [-0.15, -0.1) is 0 Å². The lowest BCUT2D eigenvalue weighted by Gasteiger charge is -2.16. The summed E-state index contributed by atoms with van der Waals surface area (Å²) in [6.07, 6.45) is 0. The number of nitrogens with one attached hydrogen (secondary N) is 1. The van der Waals surface area contributed by atoms with Gasteiger partial charge in [0, 0.05) is 5.56 Å². The van der Waals surface area contributed by atoms with Crippen molar-refractivity contribution in [2.75, 3.05) is 24.4 Å². The maximum atomic E-state index is 14.6. The van der Waals surface area contributed by atoms with Crippen molar-refractivity contribution < 1.29 is 23.5 Å². The number of hydrogen-bond acceptors (Lipinski definition) is 5. The third kappa shape index (κ3) is 3.58. The predicted octanol–water partition coefficient (Wildman–Crippen LogP) is 4.55. The summed E-state index contributed by atoms with van der Waals surface area (Å²) in [6, 6.07) is 17.9. The lowest BCUT2D eigenvalue weighted by molar-refractivity contribution is -0.120. The summed E-state index contributed by atoms with van der Waals surface area (Å²) >= 11 is 0. The van der Waals surface area contributed by atoms with E-state index in [-0.39, 0.29) is 17.0 Å². The van der Waals surface area contributed by atoms with Gasteiger partial charge < -0.3 is 14.8 Å². The highest BCUT2D eigenvalue weighted by molar-refractivity contribution is 6.46. The van der Waals surface area contributed by atoms with E-state index < -0.39 is 17.6 Å². The summed E-state index contributed by atoms with van der Waals surface area (Å²) < 4.78 is 25.4. The normalized spacial score (nSPS) is 13.6. The Balaban J connectivity index is 1.91. The van der Waals surface area contributed by atoms with Gasteiger partial charge in [-0.3, -0.25) is 9.59 Å². The molecule has 0 bridgehead atoms. The van der Waals surface area contributed by atoms with E-state index in [0.29, 0.717) is 22.7 Å². The molecule has 162 valence electrons. The molecule has 0 unspecified atom stereocenters. The van der Waals surface area contributed by atoms with Crippen LogP contribution in [0.3, 0.4) is 0 Å². The Hall–Kier alpha value is -4.13. The molecule has 0 aromatic heterocycles. The molecule has 32 heavy (non-hydrogen) atoms. The first kappa shape index (κ1) is 21.1. The maximum Gasteiger partial charge on any atom is 0.282 e. The van der Waals surface area contributed by atoms with Crippen molar-refractivity contribution >= 4 is 28.8 Å². The molecule has 6 nitrogen and oxygen atoms in total. The molecule has 1 aliphatic heterocycles. The van der Waals surface area contributed by atoms with Gasteiger partial charge in [-0.2, -0.15) is 0 Å². The van der Waals surface area contributed by atoms with Crippen molar-refractivity contribution in [3.63, 3.8) is 0 Å². The molecular weight excluding hydrogens is 411 g/mol. The second kappa shape index (κ2) is 8.55. The van der Waals surface area contributed by atoms with Crippen LogP contribution in [-0.2, 0) is 9.59 Å². The number of methoxy groups -OCH3 is 2. The van der Waals surface area contributed by atoms with Crippen molar-refractivity contribution in [1.82, 2.24) is 0 Å². The summed E-state index contributed by atoms with van der Waals surface area (Å²) in [5.74, 6) is -1.10. The van der Waals surface area contributed by atoms with Crippen LogP contribution in [-0.4, -0.2) is 26.0 Å². The number of carbonyl (C=O) groups excluding carboxylic acids is 2. The van der Waals surface area contributed by atoms with Gasteiger partial charge in [-0.25, -0.2) is 9.29 Å². The van der Waals surface area contributed by atoms with Crippen molar-refractivity contribution in [2.45, 2.75) is 6.92 Å². The van der Waals surface area contributed by atoms with Gasteiger partial charge in [0.25, 0.3) is 11.8 Å². The van der Waals surface area contributed by atoms with E-state index >= 15 is 0 Å². The minimum atomic E-state index is -0.678. The van der Waals surface area contributed by atoms with Crippen molar-refractivity contribution in [2.24, 2.45) is 0 Å². The van der Waals surface area contributed by atoms with Crippen LogP contribution in [0.4, 0.5) is 15.8 Å². The number of carbonyl (C=O) groups is 2. The predicted molar refractivity (Wildman–Crippen MR) is 120 cm³/mol. The second-order valence-electron chi connectivity index (χ2n) is 7.18. The Morgan fingerprint density at radius 3 is 2.25 bits per heavy atom. The van der Waals surface area contributed by atoms with Gasteiger partial charge in [0.1, 0.15) is 23.0 Å². The van der Waals surface area contributed by atoms with Crippen molar-refractivity contribution in [3.05, 3.63) is 89.4 Å². The maximum absolute atomic E-state index is 14.6. The van der Waals surface area contributed by atoms with Crippen LogP contribution in [0.5, 0.6) is 11.5 Å². The second-order valence-corrected chi connectivity index (χ2v) is 7.18. The molecule has 0 saturated heterocycles. The molecule has 3 aromatic carbocycles. The Labute approximate surface area is 184 Å². The van der Waals surface area contributed by atoms with Gasteiger partial charge in [-0.05, 0) is 42.8 Å². The number of amides is 2. The fourth-order valence-electron chi connectivity index (χ4n) is 3.65. The van der Waals surface area contributed by atoms with Crippen LogP contribution in [0.15, 0.2) is 72.4 Å². The van der Waals surface area contributed by atoms with Gasteiger partial charge in [0.2, 0.25) is 0 Å². The van der Waals surface area contributed by atoms with Crippen LogP contribution in [0.2, 0.25) is 0 Å². The lowest BCUT2D eigenvalue weighted by Crippen LogP contribution is -2.33. The Morgan fingerprint density at radius 2 is 1.53 bits per heavy atom. The van der Waals surface area contributed by atoms with Crippen LogP contribution in [0.1, 0.15) is 11.1 Å². The topological polar surface area (TPSA) is 67.9 Å². The van der Waals surface area contributed by atoms with Gasteiger partial charge in [0.15, 0.2) is 0 Å². The third-order valence-electron chi connectivity index (χ3n) is 5.17. The van der Waals surface area contributed by atoms with Crippen LogP contribution in [0, 0.1) is 12.7 Å². The zero-order valence-corrected chi connectivity index (χ0v) is 17.8. The number of hydrogen-bond donors (Lipinski definition) is 1. The summed E-state index contributed by atoms with van der Waals surface area (Å²) in [5.41, 5.74) is 1.82. The fraction of sp³-hybridized carbons (Fsp3) is 0.120. The van der Waals surface area contributed by atoms with Crippen molar-refractivity contribution in [3.8, 4) is 11.5 Å².